The summed E-state index contributed by atoms with van der Waals surface area (Å²) in [6, 6.07) is 0. The minimum Gasteiger partial charge on any atom is -0.446 e. The van der Waals surface area contributed by atoms with E-state index in [-0.39, 0.29) is 63.3 Å². The molecule has 12 atom stereocenters. The Kier molecular flexibility index (Phi) is 7.20. The third-order valence-electron chi connectivity index (χ3n) is 15.2. The standard InChI is InChI=1S/C35H56N2O7/c1-20(2)26(44-29(36)39)22-8-7-21-27(42-22)28(38)33(6)24-10-9-23-31(3,4)25(43-30(40)37-15-17-41-18-16-37)11-12-34(23)19-35(24,34)14-13-32(21,33)5/h20-28,38H,7-19H2,1-6H3,(H2,36,39)/t21-,22?,23-,24?,25?,26?,27?,28-,32?,33+,34?,35?/m0/s1. The van der Waals surface area contributed by atoms with E-state index in [9.17, 15) is 14.7 Å². The number of aliphatic hydroxyl groups excluding tert-OH is 1. The molecule has 9 heteroatoms. The number of carbonyl (C=O) groups is 2. The fourth-order valence-corrected chi connectivity index (χ4v) is 12.9. The zero-order valence-corrected chi connectivity index (χ0v) is 27.8. The molecule has 0 aromatic heterocycles. The van der Waals surface area contributed by atoms with E-state index in [2.05, 4.69) is 27.7 Å². The Morgan fingerprint density at radius 1 is 0.932 bits per heavy atom. The summed E-state index contributed by atoms with van der Waals surface area (Å²) in [5.41, 5.74) is 5.60. The maximum Gasteiger partial charge on any atom is 0.410 e. The summed E-state index contributed by atoms with van der Waals surface area (Å²) in [5.74, 6) is 1.32. The molecule has 3 N–H and O–H groups in total. The SMILES string of the molecule is CC(C)C(OC(N)=O)C1CC[C@H]2C(O1)[C@H](O)[C@@]1(C)C3CC[C@H]4C(C)(C)C(OC(=O)N5CCOCC5)CCC45CC35CCC21C. The van der Waals surface area contributed by atoms with Gasteiger partial charge < -0.3 is 34.7 Å². The first-order valence-corrected chi connectivity index (χ1v) is 17.6. The molecule has 2 saturated heterocycles. The van der Waals surface area contributed by atoms with E-state index in [0.717, 1.165) is 44.9 Å². The van der Waals surface area contributed by atoms with Crippen LogP contribution in [0.1, 0.15) is 99.3 Å². The topological polar surface area (TPSA) is 121 Å². The highest BCUT2D eigenvalue weighted by Gasteiger charge is 2.84. The molecule has 2 aliphatic heterocycles. The van der Waals surface area contributed by atoms with Gasteiger partial charge in [-0.3, -0.25) is 0 Å². The molecule has 248 valence electrons. The molecule has 7 fully saturated rings. The van der Waals surface area contributed by atoms with Crippen molar-refractivity contribution in [2.24, 2.45) is 56.5 Å². The van der Waals surface area contributed by atoms with E-state index in [1.165, 1.54) is 12.8 Å². The van der Waals surface area contributed by atoms with Gasteiger partial charge in [0.1, 0.15) is 12.2 Å². The minimum atomic E-state index is -0.764. The molecule has 5 aliphatic carbocycles. The number of nitrogens with two attached hydrogens (primary N) is 1. The van der Waals surface area contributed by atoms with Gasteiger partial charge in [-0.15, -0.1) is 0 Å². The van der Waals surface area contributed by atoms with Crippen molar-refractivity contribution in [3.8, 4) is 0 Å². The van der Waals surface area contributed by atoms with Crippen LogP contribution in [-0.2, 0) is 18.9 Å². The number of aliphatic hydroxyl groups is 1. The van der Waals surface area contributed by atoms with Gasteiger partial charge in [-0.1, -0.05) is 41.5 Å². The Labute approximate surface area is 263 Å². The Balaban J connectivity index is 1.12. The summed E-state index contributed by atoms with van der Waals surface area (Å²) in [6.45, 7) is 16.0. The normalized spacial score (nSPS) is 49.5. The van der Waals surface area contributed by atoms with Crippen molar-refractivity contribution in [3.05, 3.63) is 0 Å². The number of primary amides is 1. The van der Waals surface area contributed by atoms with Gasteiger partial charge >= 0.3 is 12.2 Å². The van der Waals surface area contributed by atoms with E-state index >= 15 is 0 Å². The lowest BCUT2D eigenvalue weighted by Gasteiger charge is -2.63. The number of hydrogen-bond donors (Lipinski definition) is 2. The minimum absolute atomic E-state index is 0.00708. The number of fused-ring (bicyclic) bond motifs is 4. The monoisotopic (exact) mass is 616 g/mol. The molecule has 2 spiro atoms. The van der Waals surface area contributed by atoms with Crippen LogP contribution in [0.25, 0.3) is 0 Å². The molecule has 8 unspecified atom stereocenters. The Morgan fingerprint density at radius 3 is 2.30 bits per heavy atom. The Morgan fingerprint density at radius 2 is 1.61 bits per heavy atom. The molecule has 0 aromatic carbocycles. The predicted molar refractivity (Wildman–Crippen MR) is 164 cm³/mol. The van der Waals surface area contributed by atoms with Crippen LogP contribution in [0.2, 0.25) is 0 Å². The van der Waals surface area contributed by atoms with Crippen molar-refractivity contribution >= 4 is 12.2 Å². The maximum absolute atomic E-state index is 13.1. The predicted octanol–water partition coefficient (Wildman–Crippen LogP) is 5.51. The molecule has 7 aliphatic rings. The third-order valence-corrected chi connectivity index (χ3v) is 15.2. The molecule has 44 heavy (non-hydrogen) atoms. The van der Waals surface area contributed by atoms with Crippen LogP contribution < -0.4 is 5.73 Å². The zero-order valence-electron chi connectivity index (χ0n) is 27.8. The second-order valence-electron chi connectivity index (χ2n) is 17.1. The molecule has 0 aromatic rings. The highest BCUT2D eigenvalue weighted by Crippen LogP contribution is 2.89. The number of carbonyl (C=O) groups excluding carboxylic acids is 2. The van der Waals surface area contributed by atoms with Crippen molar-refractivity contribution in [1.82, 2.24) is 4.90 Å². The fourth-order valence-electron chi connectivity index (χ4n) is 12.9. The number of ether oxygens (including phenoxy) is 4. The average molecular weight is 617 g/mol. The number of nitrogens with zero attached hydrogens (tertiary/aromatic N) is 1. The molecule has 7 rings (SSSR count). The molecule has 5 saturated carbocycles. The van der Waals surface area contributed by atoms with Crippen LogP contribution >= 0.6 is 0 Å². The van der Waals surface area contributed by atoms with Gasteiger partial charge in [-0.05, 0) is 97.7 Å². The lowest BCUT2D eigenvalue weighted by atomic mass is 9.41. The van der Waals surface area contributed by atoms with Gasteiger partial charge in [0.2, 0.25) is 0 Å². The zero-order chi connectivity index (χ0) is 31.4. The molecule has 0 radical (unpaired) electrons. The number of rotatable bonds is 4. The van der Waals surface area contributed by atoms with Gasteiger partial charge in [0.05, 0.1) is 31.5 Å². The number of hydrogen-bond acceptors (Lipinski definition) is 7. The summed E-state index contributed by atoms with van der Waals surface area (Å²) < 4.78 is 24.1. The van der Waals surface area contributed by atoms with Gasteiger partial charge in [0.15, 0.2) is 0 Å². The van der Waals surface area contributed by atoms with E-state index in [0.29, 0.717) is 38.1 Å². The summed E-state index contributed by atoms with van der Waals surface area (Å²) in [5, 5.41) is 12.4. The first kappa shape index (κ1) is 31.0. The first-order chi connectivity index (χ1) is 20.7. The van der Waals surface area contributed by atoms with Crippen molar-refractivity contribution in [1.29, 1.82) is 0 Å². The first-order valence-electron chi connectivity index (χ1n) is 17.6. The maximum atomic E-state index is 13.1. The van der Waals surface area contributed by atoms with E-state index in [4.69, 9.17) is 24.7 Å². The summed E-state index contributed by atoms with van der Waals surface area (Å²) >= 11 is 0. The van der Waals surface area contributed by atoms with Gasteiger partial charge in [0, 0.05) is 23.9 Å². The highest BCUT2D eigenvalue weighted by molar-refractivity contribution is 5.68. The van der Waals surface area contributed by atoms with E-state index < -0.39 is 18.3 Å². The highest BCUT2D eigenvalue weighted by atomic mass is 16.6. The molecule has 2 heterocycles. The van der Waals surface area contributed by atoms with Crippen molar-refractivity contribution in [2.75, 3.05) is 26.3 Å². The van der Waals surface area contributed by atoms with Crippen LogP contribution in [0.5, 0.6) is 0 Å². The lowest BCUT2D eigenvalue weighted by Crippen LogP contribution is -2.60. The van der Waals surface area contributed by atoms with Crippen LogP contribution in [-0.4, -0.2) is 79.0 Å². The summed E-state index contributed by atoms with van der Waals surface area (Å²) in [4.78, 5) is 26.7. The second kappa shape index (κ2) is 10.2. The molecule has 9 nitrogen and oxygen atoms in total. The summed E-state index contributed by atoms with van der Waals surface area (Å²) in [6.07, 6.45) is 7.10. The van der Waals surface area contributed by atoms with E-state index in [1.807, 2.05) is 13.8 Å². The van der Waals surface area contributed by atoms with Crippen LogP contribution in [0, 0.1) is 50.7 Å². The molecule has 2 amide bonds. The average Bonchev–Trinajstić information content (AvgIpc) is 3.62. The molecular weight excluding hydrogens is 560 g/mol. The fraction of sp³-hybridized carbons (Fsp3) is 0.943. The van der Waals surface area contributed by atoms with Crippen molar-refractivity contribution < 1.29 is 33.6 Å². The number of amides is 2. The van der Waals surface area contributed by atoms with Crippen LogP contribution in [0.4, 0.5) is 9.59 Å². The largest absolute Gasteiger partial charge is 0.446 e. The van der Waals surface area contributed by atoms with Crippen LogP contribution in [0.3, 0.4) is 0 Å². The Bertz CT molecular complexity index is 1170. The molecular formula is C35H56N2O7. The van der Waals surface area contributed by atoms with Gasteiger partial charge in [0.25, 0.3) is 0 Å². The van der Waals surface area contributed by atoms with Gasteiger partial charge in [-0.25, -0.2) is 9.59 Å². The second-order valence-corrected chi connectivity index (χ2v) is 17.1. The quantitative estimate of drug-likeness (QED) is 0.427. The molecule has 0 bridgehead atoms. The van der Waals surface area contributed by atoms with E-state index in [1.54, 1.807) is 4.90 Å². The smallest absolute Gasteiger partial charge is 0.410 e. The van der Waals surface area contributed by atoms with Crippen molar-refractivity contribution in [2.45, 2.75) is 130 Å². The Hall–Kier alpha value is -1.58. The van der Waals surface area contributed by atoms with Crippen LogP contribution in [0.15, 0.2) is 0 Å². The lowest BCUT2D eigenvalue weighted by molar-refractivity contribution is -0.185. The summed E-state index contributed by atoms with van der Waals surface area (Å²) in [7, 11) is 0. The van der Waals surface area contributed by atoms with Gasteiger partial charge in [-0.2, -0.15) is 0 Å². The number of morpholine rings is 1. The third kappa shape index (κ3) is 3.99. The van der Waals surface area contributed by atoms with Crippen molar-refractivity contribution in [3.63, 3.8) is 0 Å².